The summed E-state index contributed by atoms with van der Waals surface area (Å²) in [5.41, 5.74) is -1.23. The summed E-state index contributed by atoms with van der Waals surface area (Å²) in [4.78, 5) is 3.79. The van der Waals surface area contributed by atoms with Gasteiger partial charge in [0.25, 0.3) is 0 Å². The third-order valence-electron chi connectivity index (χ3n) is 2.55. The first kappa shape index (κ1) is 15.5. The number of hydrogen-bond donors (Lipinski definition) is 1. The Morgan fingerprint density at radius 2 is 2.00 bits per heavy atom. The van der Waals surface area contributed by atoms with Gasteiger partial charge < -0.3 is 9.73 Å². The molecular formula is C12H6Cl2F3N3O. The maximum Gasteiger partial charge on any atom is 0.416 e. The molecule has 0 amide bonds. The van der Waals surface area contributed by atoms with Gasteiger partial charge in [-0.15, -0.1) is 0 Å². The normalized spacial score (nSPS) is 11.3. The molecule has 0 aliphatic rings. The number of nitrogens with zero attached hydrogens (tertiary/aromatic N) is 2. The first-order chi connectivity index (χ1) is 9.77. The van der Waals surface area contributed by atoms with Gasteiger partial charge in [0, 0.05) is 7.05 Å². The molecule has 0 bridgehead atoms. The summed E-state index contributed by atoms with van der Waals surface area (Å²) in [7, 11) is 1.48. The van der Waals surface area contributed by atoms with Gasteiger partial charge in [-0.1, -0.05) is 23.2 Å². The van der Waals surface area contributed by atoms with Gasteiger partial charge in [-0.05, 0) is 12.1 Å². The van der Waals surface area contributed by atoms with Crippen LogP contribution in [-0.2, 0) is 6.18 Å². The molecule has 1 aromatic heterocycles. The van der Waals surface area contributed by atoms with Gasteiger partial charge in [-0.25, -0.2) is 0 Å². The average Bonchev–Trinajstić information content (AvgIpc) is 2.83. The van der Waals surface area contributed by atoms with Crippen molar-refractivity contribution in [3.8, 4) is 17.5 Å². The number of benzene rings is 1. The van der Waals surface area contributed by atoms with Crippen molar-refractivity contribution in [2.45, 2.75) is 6.18 Å². The Morgan fingerprint density at radius 1 is 1.33 bits per heavy atom. The summed E-state index contributed by atoms with van der Waals surface area (Å²) in [5.74, 6) is -0.203. The standard InChI is InChI=1S/C12H6Cl2F3N3O/c1-19-11-8(4-18)20-10(21-11)6-2-5(12(15,16)17)3-7(13)9(6)14/h2-3,19H,1H3. The number of alkyl halides is 3. The summed E-state index contributed by atoms with van der Waals surface area (Å²) < 4.78 is 43.6. The van der Waals surface area contributed by atoms with E-state index in [2.05, 4.69) is 10.3 Å². The van der Waals surface area contributed by atoms with Crippen LogP contribution in [0.25, 0.3) is 11.5 Å². The Hall–Kier alpha value is -1.91. The lowest BCUT2D eigenvalue weighted by Gasteiger charge is -2.10. The second-order valence-electron chi connectivity index (χ2n) is 3.88. The van der Waals surface area contributed by atoms with E-state index in [9.17, 15) is 13.2 Å². The van der Waals surface area contributed by atoms with E-state index in [1.165, 1.54) is 7.05 Å². The Kier molecular flexibility index (Phi) is 4.03. The number of halogens is 5. The lowest BCUT2D eigenvalue weighted by atomic mass is 10.1. The fourth-order valence-corrected chi connectivity index (χ4v) is 2.00. The molecule has 21 heavy (non-hydrogen) atoms. The molecule has 9 heteroatoms. The van der Waals surface area contributed by atoms with Crippen molar-refractivity contribution < 1.29 is 17.6 Å². The lowest BCUT2D eigenvalue weighted by Crippen LogP contribution is -2.05. The van der Waals surface area contributed by atoms with Gasteiger partial charge >= 0.3 is 6.18 Å². The van der Waals surface area contributed by atoms with E-state index < -0.39 is 11.7 Å². The Labute approximate surface area is 127 Å². The molecule has 0 saturated heterocycles. The Bertz CT molecular complexity index is 735. The van der Waals surface area contributed by atoms with Crippen LogP contribution in [0, 0.1) is 11.3 Å². The lowest BCUT2D eigenvalue weighted by molar-refractivity contribution is -0.137. The minimum atomic E-state index is -4.60. The van der Waals surface area contributed by atoms with Crippen molar-refractivity contribution in [1.29, 1.82) is 5.26 Å². The highest BCUT2D eigenvalue weighted by atomic mass is 35.5. The molecule has 110 valence electrons. The molecule has 4 nitrogen and oxygen atoms in total. The molecule has 1 aromatic carbocycles. The highest BCUT2D eigenvalue weighted by molar-refractivity contribution is 6.43. The second-order valence-corrected chi connectivity index (χ2v) is 4.66. The number of rotatable bonds is 2. The first-order valence-electron chi connectivity index (χ1n) is 5.43. The highest BCUT2D eigenvalue weighted by Crippen LogP contribution is 2.40. The summed E-state index contributed by atoms with van der Waals surface area (Å²) in [5, 5.41) is 11.0. The van der Waals surface area contributed by atoms with Crippen molar-refractivity contribution in [1.82, 2.24) is 4.98 Å². The van der Waals surface area contributed by atoms with E-state index in [1.807, 2.05) is 0 Å². The molecule has 0 unspecified atom stereocenters. The monoisotopic (exact) mass is 335 g/mol. The van der Waals surface area contributed by atoms with Crippen LogP contribution in [0.2, 0.25) is 10.0 Å². The van der Waals surface area contributed by atoms with Crippen LogP contribution in [0.5, 0.6) is 0 Å². The molecule has 0 saturated carbocycles. The van der Waals surface area contributed by atoms with Crippen LogP contribution in [0.15, 0.2) is 16.5 Å². The number of hydrogen-bond acceptors (Lipinski definition) is 4. The van der Waals surface area contributed by atoms with E-state index in [0.29, 0.717) is 6.07 Å². The first-order valence-corrected chi connectivity index (χ1v) is 6.18. The van der Waals surface area contributed by atoms with Crippen molar-refractivity contribution in [3.63, 3.8) is 0 Å². The van der Waals surface area contributed by atoms with E-state index in [0.717, 1.165) is 6.07 Å². The maximum atomic E-state index is 12.8. The molecule has 0 fully saturated rings. The van der Waals surface area contributed by atoms with Crippen molar-refractivity contribution in [3.05, 3.63) is 33.4 Å². The largest absolute Gasteiger partial charge is 0.419 e. The number of oxazole rings is 1. The molecule has 1 heterocycles. The van der Waals surface area contributed by atoms with Crippen LogP contribution in [0.4, 0.5) is 19.1 Å². The zero-order valence-electron chi connectivity index (χ0n) is 10.3. The summed E-state index contributed by atoms with van der Waals surface area (Å²) in [6, 6.07) is 3.22. The topological polar surface area (TPSA) is 61.9 Å². The second kappa shape index (κ2) is 5.47. The molecule has 0 aliphatic carbocycles. The number of aromatic nitrogens is 1. The fourth-order valence-electron chi connectivity index (χ4n) is 1.59. The molecule has 2 rings (SSSR count). The summed E-state index contributed by atoms with van der Waals surface area (Å²) in [6.07, 6.45) is -4.60. The third-order valence-corrected chi connectivity index (χ3v) is 3.35. The number of nitrogens with one attached hydrogen (secondary N) is 1. The molecule has 2 aromatic rings. The van der Waals surface area contributed by atoms with Gasteiger partial charge in [0.2, 0.25) is 17.5 Å². The number of anilines is 1. The fraction of sp³-hybridized carbons (Fsp3) is 0.167. The maximum absolute atomic E-state index is 12.8. The zero-order valence-corrected chi connectivity index (χ0v) is 11.9. The molecule has 1 N–H and O–H groups in total. The highest BCUT2D eigenvalue weighted by Gasteiger charge is 2.33. The Balaban J connectivity index is 2.66. The Morgan fingerprint density at radius 3 is 2.48 bits per heavy atom. The smallest absolute Gasteiger partial charge is 0.416 e. The van der Waals surface area contributed by atoms with E-state index >= 15 is 0 Å². The summed E-state index contributed by atoms with van der Waals surface area (Å²) >= 11 is 11.6. The zero-order chi connectivity index (χ0) is 15.8. The molecule has 0 radical (unpaired) electrons. The molecule has 0 spiro atoms. The van der Waals surface area contributed by atoms with Crippen LogP contribution in [0.1, 0.15) is 11.3 Å². The summed E-state index contributed by atoms with van der Waals surface area (Å²) in [6.45, 7) is 0. The predicted octanol–water partition coefficient (Wildman–Crippen LogP) is 4.58. The van der Waals surface area contributed by atoms with E-state index in [1.54, 1.807) is 6.07 Å². The number of nitriles is 1. The van der Waals surface area contributed by atoms with Crippen LogP contribution in [-0.4, -0.2) is 12.0 Å². The SMILES string of the molecule is CNc1oc(-c2cc(C(F)(F)F)cc(Cl)c2Cl)nc1C#N. The van der Waals surface area contributed by atoms with Gasteiger partial charge in [-0.2, -0.15) is 23.4 Å². The minimum absolute atomic E-state index is 0.0251. The van der Waals surface area contributed by atoms with Crippen molar-refractivity contribution >= 4 is 29.1 Å². The molecule has 0 aliphatic heterocycles. The van der Waals surface area contributed by atoms with Crippen LogP contribution >= 0.6 is 23.2 Å². The van der Waals surface area contributed by atoms with Crippen LogP contribution < -0.4 is 5.32 Å². The van der Waals surface area contributed by atoms with E-state index in [-0.39, 0.29) is 33.1 Å². The third kappa shape index (κ3) is 2.91. The molecular weight excluding hydrogens is 330 g/mol. The van der Waals surface area contributed by atoms with Crippen molar-refractivity contribution in [2.24, 2.45) is 0 Å². The van der Waals surface area contributed by atoms with Crippen molar-refractivity contribution in [2.75, 3.05) is 12.4 Å². The van der Waals surface area contributed by atoms with E-state index in [4.69, 9.17) is 32.9 Å². The minimum Gasteiger partial charge on any atom is -0.419 e. The van der Waals surface area contributed by atoms with Gasteiger partial charge in [0.05, 0.1) is 21.2 Å². The average molecular weight is 336 g/mol. The molecule has 0 atom stereocenters. The van der Waals surface area contributed by atoms with Gasteiger partial charge in [0.1, 0.15) is 6.07 Å². The quantitative estimate of drug-likeness (QED) is 0.872. The van der Waals surface area contributed by atoms with Gasteiger partial charge in [-0.3, -0.25) is 0 Å². The predicted molar refractivity (Wildman–Crippen MR) is 71.2 cm³/mol. The van der Waals surface area contributed by atoms with Gasteiger partial charge in [0.15, 0.2) is 0 Å². The van der Waals surface area contributed by atoms with Crippen LogP contribution in [0.3, 0.4) is 0 Å².